The molecule has 2 unspecified atom stereocenters. The fraction of sp³-hybridized carbons (Fsp3) is 0.917. The van der Waals surface area contributed by atoms with E-state index in [1.165, 1.54) is 19.3 Å². The molecule has 1 saturated carbocycles. The first-order valence-electron chi connectivity index (χ1n) is 6.18. The van der Waals surface area contributed by atoms with Crippen LogP contribution in [-0.4, -0.2) is 28.2 Å². The number of piperidine rings is 1. The van der Waals surface area contributed by atoms with E-state index < -0.39 is 0 Å². The van der Waals surface area contributed by atoms with Crippen molar-refractivity contribution >= 4 is 21.8 Å². The lowest BCUT2D eigenvalue weighted by Gasteiger charge is -2.43. The van der Waals surface area contributed by atoms with Crippen molar-refractivity contribution in [3.8, 4) is 0 Å². The quantitative estimate of drug-likeness (QED) is 0.724. The highest BCUT2D eigenvalue weighted by Crippen LogP contribution is 2.35. The smallest absolute Gasteiger partial charge is 0.236 e. The minimum Gasteiger partial charge on any atom is -0.338 e. The van der Waals surface area contributed by atoms with Crippen LogP contribution in [0, 0.1) is 5.92 Å². The average Bonchev–Trinajstić information content (AvgIpc) is 2.16. The fourth-order valence-electron chi connectivity index (χ4n) is 2.82. The van der Waals surface area contributed by atoms with Crippen molar-refractivity contribution in [3.63, 3.8) is 0 Å². The minimum atomic E-state index is 0.0837. The molecule has 2 atom stereocenters. The summed E-state index contributed by atoms with van der Waals surface area (Å²) >= 11 is 3.49. The van der Waals surface area contributed by atoms with Gasteiger partial charge in [0, 0.05) is 12.6 Å². The van der Waals surface area contributed by atoms with Crippen LogP contribution in [0.25, 0.3) is 0 Å². The zero-order chi connectivity index (χ0) is 10.8. The van der Waals surface area contributed by atoms with E-state index in [9.17, 15) is 4.79 Å². The second kappa shape index (κ2) is 4.86. The molecule has 0 N–H and O–H groups in total. The Hall–Kier alpha value is -0.0500. The third-order valence-electron chi connectivity index (χ3n) is 3.92. The van der Waals surface area contributed by atoms with E-state index in [4.69, 9.17) is 0 Å². The van der Waals surface area contributed by atoms with Gasteiger partial charge in [-0.2, -0.15) is 0 Å². The number of rotatable bonds is 3. The minimum absolute atomic E-state index is 0.0837. The number of hydrogen-bond donors (Lipinski definition) is 0. The van der Waals surface area contributed by atoms with Gasteiger partial charge >= 0.3 is 0 Å². The first-order valence-corrected chi connectivity index (χ1v) is 7.10. The fourth-order valence-corrected chi connectivity index (χ4v) is 3.40. The standard InChI is InChI=1S/C12H20BrNO/c1-2-11(9-5-3-6-9)14-8-4-7-10(13)12(14)15/h9-11H,2-8H2,1H3. The van der Waals surface area contributed by atoms with Crippen molar-refractivity contribution in [2.45, 2.75) is 56.3 Å². The maximum absolute atomic E-state index is 12.0. The highest BCUT2D eigenvalue weighted by Gasteiger charge is 2.36. The van der Waals surface area contributed by atoms with Gasteiger partial charge < -0.3 is 4.90 Å². The lowest BCUT2D eigenvalue weighted by Crippen LogP contribution is -2.51. The van der Waals surface area contributed by atoms with Crippen LogP contribution >= 0.6 is 15.9 Å². The van der Waals surface area contributed by atoms with Crippen LogP contribution in [0.5, 0.6) is 0 Å². The molecule has 0 aromatic heterocycles. The molecular formula is C12H20BrNO. The largest absolute Gasteiger partial charge is 0.338 e. The van der Waals surface area contributed by atoms with Crippen LogP contribution < -0.4 is 0 Å². The Morgan fingerprint density at radius 1 is 1.40 bits per heavy atom. The molecule has 2 aliphatic rings. The first-order chi connectivity index (χ1) is 7.24. The van der Waals surface area contributed by atoms with Crippen molar-refractivity contribution < 1.29 is 4.79 Å². The number of likely N-dealkylation sites (tertiary alicyclic amines) is 1. The maximum Gasteiger partial charge on any atom is 0.236 e. The van der Waals surface area contributed by atoms with E-state index in [1.807, 2.05) is 0 Å². The Kier molecular flexibility index (Phi) is 3.70. The summed E-state index contributed by atoms with van der Waals surface area (Å²) in [5.41, 5.74) is 0. The highest BCUT2D eigenvalue weighted by molar-refractivity contribution is 9.10. The molecule has 1 aliphatic heterocycles. The van der Waals surface area contributed by atoms with E-state index in [0.29, 0.717) is 11.9 Å². The molecule has 2 rings (SSSR count). The molecule has 2 fully saturated rings. The molecule has 0 aromatic carbocycles. The SMILES string of the molecule is CCC(C1CCC1)N1CCCC(Br)C1=O. The topological polar surface area (TPSA) is 20.3 Å². The lowest BCUT2D eigenvalue weighted by atomic mass is 9.77. The molecule has 15 heavy (non-hydrogen) atoms. The van der Waals surface area contributed by atoms with Gasteiger partial charge in [-0.25, -0.2) is 0 Å². The van der Waals surface area contributed by atoms with Crippen LogP contribution in [0.2, 0.25) is 0 Å². The summed E-state index contributed by atoms with van der Waals surface area (Å²) < 4.78 is 0. The van der Waals surface area contributed by atoms with Crippen LogP contribution in [0.3, 0.4) is 0 Å². The number of amides is 1. The molecule has 86 valence electrons. The van der Waals surface area contributed by atoms with Gasteiger partial charge in [0.25, 0.3) is 0 Å². The molecule has 2 nitrogen and oxygen atoms in total. The lowest BCUT2D eigenvalue weighted by molar-refractivity contribution is -0.137. The summed E-state index contributed by atoms with van der Waals surface area (Å²) in [5, 5.41) is 0. The molecule has 1 saturated heterocycles. The predicted molar refractivity (Wildman–Crippen MR) is 65.1 cm³/mol. The van der Waals surface area contributed by atoms with Crippen molar-refractivity contribution in [1.29, 1.82) is 0 Å². The Morgan fingerprint density at radius 2 is 2.13 bits per heavy atom. The number of hydrogen-bond acceptors (Lipinski definition) is 1. The Labute approximate surface area is 101 Å². The Morgan fingerprint density at radius 3 is 2.67 bits per heavy atom. The van der Waals surface area contributed by atoms with Gasteiger partial charge in [0.05, 0.1) is 4.83 Å². The molecule has 0 aromatic rings. The number of carbonyl (C=O) groups is 1. The van der Waals surface area contributed by atoms with E-state index in [0.717, 1.165) is 31.7 Å². The number of nitrogens with zero attached hydrogens (tertiary/aromatic N) is 1. The third kappa shape index (κ3) is 2.22. The maximum atomic E-state index is 12.0. The monoisotopic (exact) mass is 273 g/mol. The van der Waals surface area contributed by atoms with E-state index in [-0.39, 0.29) is 4.83 Å². The average molecular weight is 274 g/mol. The zero-order valence-corrected chi connectivity index (χ0v) is 11.0. The molecule has 0 spiro atoms. The van der Waals surface area contributed by atoms with E-state index >= 15 is 0 Å². The summed E-state index contributed by atoms with van der Waals surface area (Å²) in [4.78, 5) is 14.3. The number of halogens is 1. The first kappa shape index (κ1) is 11.4. The van der Waals surface area contributed by atoms with Crippen molar-refractivity contribution in [2.24, 2.45) is 5.92 Å². The van der Waals surface area contributed by atoms with Crippen molar-refractivity contribution in [2.75, 3.05) is 6.54 Å². The van der Waals surface area contributed by atoms with Crippen LogP contribution in [0.4, 0.5) is 0 Å². The van der Waals surface area contributed by atoms with Gasteiger partial charge in [-0.3, -0.25) is 4.79 Å². The van der Waals surface area contributed by atoms with Gasteiger partial charge in [-0.15, -0.1) is 0 Å². The number of carbonyl (C=O) groups excluding carboxylic acids is 1. The summed E-state index contributed by atoms with van der Waals surface area (Å²) in [6.45, 7) is 3.20. The zero-order valence-electron chi connectivity index (χ0n) is 9.42. The molecule has 1 aliphatic carbocycles. The molecule has 1 heterocycles. The Bertz CT molecular complexity index is 240. The molecule has 0 radical (unpaired) electrons. The van der Waals surface area contributed by atoms with Crippen molar-refractivity contribution in [1.82, 2.24) is 4.90 Å². The van der Waals surface area contributed by atoms with Crippen LogP contribution in [-0.2, 0) is 4.79 Å². The Balaban J connectivity index is 2.02. The summed E-state index contributed by atoms with van der Waals surface area (Å²) in [5.74, 6) is 1.12. The van der Waals surface area contributed by atoms with E-state index in [1.54, 1.807) is 0 Å². The molecule has 1 amide bonds. The second-order valence-electron chi connectivity index (χ2n) is 4.81. The second-order valence-corrected chi connectivity index (χ2v) is 5.91. The summed E-state index contributed by atoms with van der Waals surface area (Å²) in [6, 6.07) is 0.520. The summed E-state index contributed by atoms with van der Waals surface area (Å²) in [6.07, 6.45) is 7.31. The van der Waals surface area contributed by atoms with Gasteiger partial charge in [0.15, 0.2) is 0 Å². The highest BCUT2D eigenvalue weighted by atomic mass is 79.9. The van der Waals surface area contributed by atoms with Gasteiger partial charge in [0.2, 0.25) is 5.91 Å². The van der Waals surface area contributed by atoms with Gasteiger partial charge in [-0.1, -0.05) is 29.3 Å². The van der Waals surface area contributed by atoms with Crippen molar-refractivity contribution in [3.05, 3.63) is 0 Å². The van der Waals surface area contributed by atoms with Gasteiger partial charge in [0.1, 0.15) is 0 Å². The molecular weight excluding hydrogens is 254 g/mol. The third-order valence-corrected chi connectivity index (χ3v) is 4.77. The predicted octanol–water partition coefficient (Wildman–Crippen LogP) is 2.95. The molecule has 3 heteroatoms. The van der Waals surface area contributed by atoms with Crippen LogP contribution in [0.15, 0.2) is 0 Å². The van der Waals surface area contributed by atoms with E-state index in [2.05, 4.69) is 27.8 Å². The van der Waals surface area contributed by atoms with Gasteiger partial charge in [-0.05, 0) is 38.0 Å². The molecule has 0 bridgehead atoms. The number of alkyl halides is 1. The van der Waals surface area contributed by atoms with Crippen LogP contribution in [0.1, 0.15) is 45.4 Å². The normalized spacial score (nSPS) is 30.1. The summed E-state index contributed by atoms with van der Waals surface area (Å²) in [7, 11) is 0.